The molecule has 0 radical (unpaired) electrons. The Bertz CT molecular complexity index is 1200. The number of nitrogens with one attached hydrogen (secondary N) is 1. The molecule has 0 atom stereocenters. The maximum absolute atomic E-state index is 12.7. The third kappa shape index (κ3) is 4.22. The van der Waals surface area contributed by atoms with Crippen molar-refractivity contribution in [3.05, 3.63) is 52.5 Å². The maximum atomic E-state index is 12.7. The van der Waals surface area contributed by atoms with E-state index >= 15 is 0 Å². The number of primary sulfonamides is 1. The second-order valence-corrected chi connectivity index (χ2v) is 9.72. The molecule has 1 amide bonds. The average Bonchev–Trinajstić information content (AvgIpc) is 3.32. The molecule has 11 heteroatoms. The van der Waals surface area contributed by atoms with E-state index in [9.17, 15) is 13.2 Å². The van der Waals surface area contributed by atoms with Crippen molar-refractivity contribution in [3.63, 3.8) is 0 Å². The molecule has 0 spiro atoms. The normalized spacial score (nSPS) is 13.5. The van der Waals surface area contributed by atoms with Crippen LogP contribution in [0.5, 0.6) is 0 Å². The summed E-state index contributed by atoms with van der Waals surface area (Å²) in [7, 11) is -3.76. The molecule has 2 aromatic carbocycles. The summed E-state index contributed by atoms with van der Waals surface area (Å²) in [6.07, 6.45) is 0.585. The molecule has 0 aliphatic carbocycles. The number of carbonyl (C=O) groups excluding carboxylic acids is 1. The van der Waals surface area contributed by atoms with Crippen LogP contribution in [0.3, 0.4) is 0 Å². The fourth-order valence-electron chi connectivity index (χ4n) is 3.10. The second-order valence-electron chi connectivity index (χ2n) is 6.37. The maximum Gasteiger partial charge on any atom is 0.238 e. The van der Waals surface area contributed by atoms with Gasteiger partial charge in [0.05, 0.1) is 10.6 Å². The lowest BCUT2D eigenvalue weighted by Crippen LogP contribution is -2.30. The molecule has 8 nitrogen and oxygen atoms in total. The van der Waals surface area contributed by atoms with Crippen molar-refractivity contribution in [2.75, 3.05) is 17.2 Å². The Kier molecular flexibility index (Phi) is 5.47. The van der Waals surface area contributed by atoms with Gasteiger partial charge in [0.25, 0.3) is 0 Å². The molecular weight excluding hydrogens is 478 g/mol. The van der Waals surface area contributed by atoms with Gasteiger partial charge >= 0.3 is 0 Å². The molecule has 0 bridgehead atoms. The molecule has 3 N–H and O–H groups in total. The predicted octanol–water partition coefficient (Wildman–Crippen LogP) is 2.56. The molecule has 4 rings (SSSR count). The van der Waals surface area contributed by atoms with Gasteiger partial charge in [-0.1, -0.05) is 45.9 Å². The number of nitrogens with zero attached hydrogens (tertiary/aromatic N) is 3. The summed E-state index contributed by atoms with van der Waals surface area (Å²) in [5, 5.41) is 12.7. The topological polar surface area (TPSA) is 122 Å². The minimum atomic E-state index is -3.76. The van der Waals surface area contributed by atoms with Crippen molar-refractivity contribution < 1.29 is 13.2 Å². The van der Waals surface area contributed by atoms with Gasteiger partial charge in [-0.25, -0.2) is 18.5 Å². The number of amides is 1. The highest BCUT2D eigenvalue weighted by atomic mass is 79.9. The van der Waals surface area contributed by atoms with Crippen molar-refractivity contribution in [1.29, 1.82) is 0 Å². The number of carbonyl (C=O) groups is 1. The van der Waals surface area contributed by atoms with E-state index in [1.807, 2.05) is 24.3 Å². The molecule has 1 aromatic heterocycles. The number of halogens is 1. The minimum Gasteiger partial charge on any atom is -0.311 e. The van der Waals surface area contributed by atoms with E-state index in [4.69, 9.17) is 5.14 Å². The monoisotopic (exact) mass is 493 g/mol. The number of H-pyrrole nitrogens is 1. The second kappa shape index (κ2) is 7.90. The number of thioether (sulfide) groups is 1. The van der Waals surface area contributed by atoms with Crippen molar-refractivity contribution in [2.45, 2.75) is 16.5 Å². The molecule has 0 unspecified atom stereocenters. The number of hydrogen-bond donors (Lipinski definition) is 2. The van der Waals surface area contributed by atoms with Gasteiger partial charge in [0.1, 0.15) is 0 Å². The Morgan fingerprint density at radius 3 is 2.83 bits per heavy atom. The van der Waals surface area contributed by atoms with Crippen LogP contribution in [0.2, 0.25) is 0 Å². The van der Waals surface area contributed by atoms with Crippen LogP contribution >= 0.6 is 27.7 Å². The molecule has 0 fully saturated rings. The van der Waals surface area contributed by atoms with Gasteiger partial charge in [-0.15, -0.1) is 5.10 Å². The number of benzene rings is 2. The van der Waals surface area contributed by atoms with Crippen LogP contribution in [-0.4, -0.2) is 41.8 Å². The first-order chi connectivity index (χ1) is 13.8. The molecule has 2 heterocycles. The van der Waals surface area contributed by atoms with Gasteiger partial charge in [0, 0.05) is 22.3 Å². The molecule has 0 saturated carbocycles. The van der Waals surface area contributed by atoms with Gasteiger partial charge in [-0.05, 0) is 36.2 Å². The predicted molar refractivity (Wildman–Crippen MR) is 114 cm³/mol. The van der Waals surface area contributed by atoms with E-state index in [-0.39, 0.29) is 16.6 Å². The first-order valence-corrected chi connectivity index (χ1v) is 11.9. The standard InChI is InChI=1S/C18H16BrN5O3S2/c19-14-4-2-1-3-13(14)17-21-18(23-22-17)28-10-16(25)24-8-7-11-9-12(29(20,26)27)5-6-15(11)24/h1-6,9H,7-8,10H2,(H2,20,26,27)(H,21,22,23). The van der Waals surface area contributed by atoms with E-state index in [2.05, 4.69) is 31.1 Å². The van der Waals surface area contributed by atoms with Gasteiger partial charge in [0.2, 0.25) is 21.1 Å². The minimum absolute atomic E-state index is 0.0558. The zero-order chi connectivity index (χ0) is 20.6. The van der Waals surface area contributed by atoms with Gasteiger partial charge in [-0.3, -0.25) is 9.89 Å². The molecule has 29 heavy (non-hydrogen) atoms. The molecule has 150 valence electrons. The fourth-order valence-corrected chi connectivity index (χ4v) is 4.81. The molecule has 1 aliphatic rings. The average molecular weight is 494 g/mol. The van der Waals surface area contributed by atoms with E-state index in [1.54, 1.807) is 11.0 Å². The highest BCUT2D eigenvalue weighted by Gasteiger charge is 2.26. The van der Waals surface area contributed by atoms with Crippen LogP contribution in [0, 0.1) is 0 Å². The van der Waals surface area contributed by atoms with Gasteiger partial charge < -0.3 is 4.90 Å². The molecule has 1 aliphatic heterocycles. The highest BCUT2D eigenvalue weighted by molar-refractivity contribution is 9.10. The Morgan fingerprint density at radius 1 is 1.28 bits per heavy atom. The summed E-state index contributed by atoms with van der Waals surface area (Å²) in [6.45, 7) is 0.499. The number of fused-ring (bicyclic) bond motifs is 1. The lowest BCUT2D eigenvalue weighted by atomic mass is 10.2. The Morgan fingerprint density at radius 2 is 2.07 bits per heavy atom. The van der Waals surface area contributed by atoms with Crippen LogP contribution in [0.1, 0.15) is 5.56 Å². The number of rotatable bonds is 5. The Hall–Kier alpha value is -2.21. The van der Waals surface area contributed by atoms with E-state index in [0.717, 1.165) is 15.6 Å². The van der Waals surface area contributed by atoms with E-state index in [1.165, 1.54) is 23.9 Å². The Labute approximate surface area is 180 Å². The highest BCUT2D eigenvalue weighted by Crippen LogP contribution is 2.31. The third-order valence-electron chi connectivity index (χ3n) is 4.49. The zero-order valence-corrected chi connectivity index (χ0v) is 18.2. The fraction of sp³-hybridized carbons (Fsp3) is 0.167. The first-order valence-electron chi connectivity index (χ1n) is 8.59. The quantitative estimate of drug-likeness (QED) is 0.526. The number of aromatic nitrogens is 3. The number of nitrogens with two attached hydrogens (primary N) is 1. The van der Waals surface area contributed by atoms with Gasteiger partial charge in [-0.2, -0.15) is 0 Å². The number of aromatic amines is 1. The number of sulfonamides is 1. The summed E-state index contributed by atoms with van der Waals surface area (Å²) in [4.78, 5) is 18.8. The third-order valence-corrected chi connectivity index (χ3v) is 6.93. The molecular formula is C18H16BrN5O3S2. The van der Waals surface area contributed by atoms with Crippen molar-refractivity contribution in [1.82, 2.24) is 15.2 Å². The van der Waals surface area contributed by atoms with Crippen molar-refractivity contribution in [2.24, 2.45) is 5.14 Å². The van der Waals surface area contributed by atoms with Crippen LogP contribution in [0.25, 0.3) is 11.4 Å². The van der Waals surface area contributed by atoms with Crippen LogP contribution < -0.4 is 10.0 Å². The smallest absolute Gasteiger partial charge is 0.238 e. The largest absolute Gasteiger partial charge is 0.311 e. The molecule has 3 aromatic rings. The molecule has 0 saturated heterocycles. The van der Waals surface area contributed by atoms with Crippen molar-refractivity contribution >= 4 is 49.3 Å². The number of hydrogen-bond acceptors (Lipinski definition) is 6. The summed E-state index contributed by atoms with van der Waals surface area (Å²) in [6, 6.07) is 12.2. The van der Waals surface area contributed by atoms with E-state index < -0.39 is 10.0 Å². The summed E-state index contributed by atoms with van der Waals surface area (Å²) >= 11 is 4.72. The Balaban J connectivity index is 1.44. The van der Waals surface area contributed by atoms with Crippen LogP contribution in [0.15, 0.2) is 57.0 Å². The number of anilines is 1. The van der Waals surface area contributed by atoms with Crippen molar-refractivity contribution in [3.8, 4) is 11.4 Å². The SMILES string of the molecule is NS(=O)(=O)c1ccc2c(c1)CCN2C(=O)CSc1n[nH]c(-c2ccccc2Br)n1. The zero-order valence-electron chi connectivity index (χ0n) is 15.0. The first kappa shape index (κ1) is 20.1. The summed E-state index contributed by atoms with van der Waals surface area (Å²) < 4.78 is 23.9. The van der Waals surface area contributed by atoms with Crippen LogP contribution in [0.4, 0.5) is 5.69 Å². The lowest BCUT2D eigenvalue weighted by Gasteiger charge is -2.16. The summed E-state index contributed by atoms with van der Waals surface area (Å²) in [5.41, 5.74) is 2.40. The van der Waals surface area contributed by atoms with E-state index in [0.29, 0.717) is 29.6 Å². The van der Waals surface area contributed by atoms with Gasteiger partial charge in [0.15, 0.2) is 5.82 Å². The lowest BCUT2D eigenvalue weighted by molar-refractivity contribution is -0.116. The van der Waals surface area contributed by atoms with Crippen LogP contribution in [-0.2, 0) is 21.2 Å². The summed E-state index contributed by atoms with van der Waals surface area (Å²) in [5.74, 6) is 0.697.